The van der Waals surface area contributed by atoms with Crippen LogP contribution >= 0.6 is 0 Å². The van der Waals surface area contributed by atoms with Crippen LogP contribution in [0.1, 0.15) is 6.42 Å². The summed E-state index contributed by atoms with van der Waals surface area (Å²) in [5.41, 5.74) is 0.735. The fourth-order valence-electron chi connectivity index (χ4n) is 2.16. The fourth-order valence-corrected chi connectivity index (χ4v) is 2.16. The van der Waals surface area contributed by atoms with Gasteiger partial charge in [-0.1, -0.05) is 18.2 Å². The monoisotopic (exact) mass is 257 g/mol. The Kier molecular flexibility index (Phi) is 2.63. The molecule has 6 nitrogen and oxygen atoms in total. The van der Waals surface area contributed by atoms with Crippen molar-refractivity contribution in [1.29, 1.82) is 0 Å². The van der Waals surface area contributed by atoms with Gasteiger partial charge in [0, 0.05) is 24.5 Å². The van der Waals surface area contributed by atoms with E-state index in [1.54, 1.807) is 6.20 Å². The van der Waals surface area contributed by atoms with Gasteiger partial charge in [0.25, 0.3) is 0 Å². The molecule has 1 aromatic heterocycles. The molecule has 0 radical (unpaired) electrons. The lowest BCUT2D eigenvalue weighted by atomic mass is 10.1. The standard InChI is InChI=1S/C13H11N3O3/c17-11-5-9(12(18)19)7-16(11)13-14-6-8-3-1-2-4-10(8)15-13/h1-4,6,9H,5,7H2,(H,18,19). The molecule has 1 aliphatic rings. The second kappa shape index (κ2) is 4.31. The summed E-state index contributed by atoms with van der Waals surface area (Å²) in [6.07, 6.45) is 1.64. The van der Waals surface area contributed by atoms with Crippen LogP contribution in [0.3, 0.4) is 0 Å². The number of aromatic nitrogens is 2. The van der Waals surface area contributed by atoms with Crippen LogP contribution in [0.15, 0.2) is 30.5 Å². The summed E-state index contributed by atoms with van der Waals surface area (Å²) in [6, 6.07) is 7.44. The number of fused-ring (bicyclic) bond motifs is 1. The zero-order valence-corrected chi connectivity index (χ0v) is 9.98. The van der Waals surface area contributed by atoms with Gasteiger partial charge in [0.15, 0.2) is 0 Å². The van der Waals surface area contributed by atoms with Gasteiger partial charge in [0.05, 0.1) is 11.4 Å². The molecule has 2 aromatic rings. The van der Waals surface area contributed by atoms with Crippen LogP contribution in [0.5, 0.6) is 0 Å². The molecule has 1 aliphatic heterocycles. The smallest absolute Gasteiger partial charge is 0.308 e. The molecule has 0 spiro atoms. The third kappa shape index (κ3) is 2.01. The van der Waals surface area contributed by atoms with E-state index in [0.717, 1.165) is 10.9 Å². The van der Waals surface area contributed by atoms with Gasteiger partial charge >= 0.3 is 5.97 Å². The largest absolute Gasteiger partial charge is 0.481 e. The number of hydrogen-bond donors (Lipinski definition) is 1. The highest BCUT2D eigenvalue weighted by Gasteiger charge is 2.36. The van der Waals surface area contributed by atoms with E-state index in [2.05, 4.69) is 9.97 Å². The number of nitrogens with zero attached hydrogens (tertiary/aromatic N) is 3. The van der Waals surface area contributed by atoms with Crippen molar-refractivity contribution >= 4 is 28.7 Å². The molecular formula is C13H11N3O3. The lowest BCUT2D eigenvalue weighted by molar-refractivity contribution is -0.141. The van der Waals surface area contributed by atoms with Crippen LogP contribution < -0.4 is 4.90 Å². The number of anilines is 1. The predicted octanol–water partition coefficient (Wildman–Crippen LogP) is 1.07. The first-order chi connectivity index (χ1) is 9.15. The Morgan fingerprint density at radius 1 is 1.37 bits per heavy atom. The van der Waals surface area contributed by atoms with Gasteiger partial charge in [-0.05, 0) is 6.07 Å². The first kappa shape index (κ1) is 11.6. The van der Waals surface area contributed by atoms with Crippen molar-refractivity contribution in [3.8, 4) is 0 Å². The number of rotatable bonds is 2. The topological polar surface area (TPSA) is 83.4 Å². The number of aliphatic carboxylic acids is 1. The zero-order chi connectivity index (χ0) is 13.4. The fraction of sp³-hybridized carbons (Fsp3) is 0.231. The first-order valence-corrected chi connectivity index (χ1v) is 5.90. The molecule has 1 fully saturated rings. The summed E-state index contributed by atoms with van der Waals surface area (Å²) in [5.74, 6) is -1.62. The number of para-hydroxylation sites is 1. The summed E-state index contributed by atoms with van der Waals surface area (Å²) >= 11 is 0. The van der Waals surface area contributed by atoms with E-state index in [1.807, 2.05) is 24.3 Å². The Morgan fingerprint density at radius 3 is 2.89 bits per heavy atom. The molecule has 1 amide bonds. The van der Waals surface area contributed by atoms with Gasteiger partial charge in [-0.3, -0.25) is 14.5 Å². The SMILES string of the molecule is O=C(O)C1CC(=O)N(c2ncc3ccccc3n2)C1. The third-order valence-corrected chi connectivity index (χ3v) is 3.19. The molecule has 3 rings (SSSR count). The molecule has 0 aliphatic carbocycles. The lowest BCUT2D eigenvalue weighted by Gasteiger charge is -2.13. The molecule has 6 heteroatoms. The van der Waals surface area contributed by atoms with Crippen molar-refractivity contribution in [1.82, 2.24) is 9.97 Å². The number of carbonyl (C=O) groups is 2. The van der Waals surface area contributed by atoms with Gasteiger partial charge < -0.3 is 5.11 Å². The van der Waals surface area contributed by atoms with E-state index in [-0.39, 0.29) is 24.8 Å². The first-order valence-electron chi connectivity index (χ1n) is 5.90. The molecule has 0 bridgehead atoms. The van der Waals surface area contributed by atoms with Crippen LogP contribution in [0.4, 0.5) is 5.95 Å². The average molecular weight is 257 g/mol. The van der Waals surface area contributed by atoms with E-state index in [4.69, 9.17) is 5.11 Å². The van der Waals surface area contributed by atoms with E-state index in [0.29, 0.717) is 0 Å². The maximum absolute atomic E-state index is 11.8. The summed E-state index contributed by atoms with van der Waals surface area (Å²) in [5, 5.41) is 9.83. The Morgan fingerprint density at radius 2 is 2.16 bits per heavy atom. The van der Waals surface area contributed by atoms with E-state index in [1.165, 1.54) is 4.90 Å². The van der Waals surface area contributed by atoms with Crippen molar-refractivity contribution in [2.24, 2.45) is 5.92 Å². The molecule has 2 heterocycles. The molecule has 1 saturated heterocycles. The van der Waals surface area contributed by atoms with Crippen LogP contribution in [0.25, 0.3) is 10.9 Å². The molecule has 0 saturated carbocycles. The van der Waals surface area contributed by atoms with Gasteiger partial charge in [0.2, 0.25) is 11.9 Å². The van der Waals surface area contributed by atoms with E-state index in [9.17, 15) is 9.59 Å². The average Bonchev–Trinajstić information content (AvgIpc) is 2.80. The minimum Gasteiger partial charge on any atom is -0.481 e. The Hall–Kier alpha value is -2.50. The zero-order valence-electron chi connectivity index (χ0n) is 9.98. The highest BCUT2D eigenvalue weighted by molar-refractivity contribution is 5.98. The van der Waals surface area contributed by atoms with Gasteiger partial charge in [0.1, 0.15) is 0 Å². The van der Waals surface area contributed by atoms with Gasteiger partial charge in [-0.25, -0.2) is 9.97 Å². The highest BCUT2D eigenvalue weighted by atomic mass is 16.4. The second-order valence-electron chi connectivity index (χ2n) is 4.47. The molecule has 96 valence electrons. The van der Waals surface area contributed by atoms with Crippen LogP contribution in [-0.2, 0) is 9.59 Å². The van der Waals surface area contributed by atoms with Crippen molar-refractivity contribution < 1.29 is 14.7 Å². The van der Waals surface area contributed by atoms with Crippen molar-refractivity contribution in [2.45, 2.75) is 6.42 Å². The number of hydrogen-bond acceptors (Lipinski definition) is 4. The molecule has 1 aromatic carbocycles. The Labute approximate surface area is 108 Å². The summed E-state index contributed by atoms with van der Waals surface area (Å²) in [4.78, 5) is 32.5. The second-order valence-corrected chi connectivity index (χ2v) is 4.47. The quantitative estimate of drug-likeness (QED) is 0.869. The van der Waals surface area contributed by atoms with Crippen LogP contribution in [0.2, 0.25) is 0 Å². The Balaban J connectivity index is 1.96. The Bertz CT molecular complexity index is 671. The third-order valence-electron chi connectivity index (χ3n) is 3.19. The van der Waals surface area contributed by atoms with Gasteiger partial charge in [-0.2, -0.15) is 0 Å². The molecule has 1 atom stereocenters. The summed E-state index contributed by atoms with van der Waals surface area (Å²) < 4.78 is 0. The number of carboxylic acids is 1. The number of amides is 1. The predicted molar refractivity (Wildman–Crippen MR) is 67.6 cm³/mol. The molecular weight excluding hydrogens is 246 g/mol. The van der Waals surface area contributed by atoms with Crippen LogP contribution in [-0.4, -0.2) is 33.5 Å². The normalized spacial score (nSPS) is 19.1. The number of carboxylic acid groups (broad SMARTS) is 1. The lowest BCUT2D eigenvalue weighted by Crippen LogP contribution is -2.27. The minimum atomic E-state index is -0.961. The van der Waals surface area contributed by atoms with Crippen molar-refractivity contribution in [2.75, 3.05) is 11.4 Å². The maximum Gasteiger partial charge on any atom is 0.308 e. The molecule has 1 unspecified atom stereocenters. The highest BCUT2D eigenvalue weighted by Crippen LogP contribution is 2.23. The molecule has 19 heavy (non-hydrogen) atoms. The van der Waals surface area contributed by atoms with Crippen molar-refractivity contribution in [3.63, 3.8) is 0 Å². The summed E-state index contributed by atoms with van der Waals surface area (Å²) in [6.45, 7) is 0.131. The molecule has 1 N–H and O–H groups in total. The summed E-state index contributed by atoms with van der Waals surface area (Å²) in [7, 11) is 0. The van der Waals surface area contributed by atoms with E-state index < -0.39 is 11.9 Å². The van der Waals surface area contributed by atoms with Gasteiger partial charge in [-0.15, -0.1) is 0 Å². The van der Waals surface area contributed by atoms with E-state index >= 15 is 0 Å². The number of benzene rings is 1. The van der Waals surface area contributed by atoms with Crippen molar-refractivity contribution in [3.05, 3.63) is 30.5 Å². The van der Waals surface area contributed by atoms with Crippen LogP contribution in [0, 0.1) is 5.92 Å². The minimum absolute atomic E-state index is 0.00548. The number of carbonyl (C=O) groups excluding carboxylic acids is 1. The maximum atomic E-state index is 11.8.